The summed E-state index contributed by atoms with van der Waals surface area (Å²) >= 11 is 11.0. The van der Waals surface area contributed by atoms with Crippen LogP contribution in [0.1, 0.15) is 18.4 Å². The first-order valence-electron chi connectivity index (χ1n) is 5.69. The molecule has 1 saturated heterocycles. The molecule has 1 aromatic carbocycles. The summed E-state index contributed by atoms with van der Waals surface area (Å²) in [6, 6.07) is 5.53. The van der Waals surface area contributed by atoms with Crippen LogP contribution in [0.15, 0.2) is 18.2 Å². The van der Waals surface area contributed by atoms with Crippen molar-refractivity contribution < 1.29 is 4.79 Å². The van der Waals surface area contributed by atoms with Crippen molar-refractivity contribution in [2.45, 2.75) is 18.9 Å². The molecule has 0 saturated carbocycles. The van der Waals surface area contributed by atoms with E-state index in [1.807, 2.05) is 0 Å². The van der Waals surface area contributed by atoms with Crippen molar-refractivity contribution in [3.05, 3.63) is 28.8 Å². The molecule has 1 heterocycles. The molecule has 4 N–H and O–H groups in total. The van der Waals surface area contributed by atoms with Crippen molar-refractivity contribution in [3.63, 3.8) is 0 Å². The summed E-state index contributed by atoms with van der Waals surface area (Å²) in [6.45, 7) is 0.599. The first-order chi connectivity index (χ1) is 8.56. The van der Waals surface area contributed by atoms with E-state index in [9.17, 15) is 4.79 Å². The van der Waals surface area contributed by atoms with Gasteiger partial charge < -0.3 is 16.4 Å². The summed E-state index contributed by atoms with van der Waals surface area (Å²) < 4.78 is 0. The van der Waals surface area contributed by atoms with Gasteiger partial charge >= 0.3 is 0 Å². The minimum Gasteiger partial charge on any atom is -0.389 e. The molecule has 1 atom stereocenters. The van der Waals surface area contributed by atoms with Crippen LogP contribution in [-0.4, -0.2) is 23.5 Å². The lowest BCUT2D eigenvalue weighted by Gasteiger charge is -2.25. The number of anilines is 1. The lowest BCUT2D eigenvalue weighted by molar-refractivity contribution is -0.122. The third-order valence-electron chi connectivity index (χ3n) is 2.87. The Hall–Kier alpha value is -1.33. The van der Waals surface area contributed by atoms with Crippen molar-refractivity contribution in [3.8, 4) is 0 Å². The van der Waals surface area contributed by atoms with Gasteiger partial charge in [-0.15, -0.1) is 0 Å². The molecule has 0 spiro atoms. The second kappa shape index (κ2) is 5.54. The minimum absolute atomic E-state index is 0.0914. The van der Waals surface area contributed by atoms with Gasteiger partial charge in [-0.2, -0.15) is 0 Å². The van der Waals surface area contributed by atoms with Crippen LogP contribution < -0.4 is 16.4 Å². The molecule has 6 heteroatoms. The third-order valence-corrected chi connectivity index (χ3v) is 3.33. The Balaban J connectivity index is 2.15. The van der Waals surface area contributed by atoms with Gasteiger partial charge in [0.25, 0.3) is 0 Å². The minimum atomic E-state index is 0.0914. The molecule has 0 bridgehead atoms. The van der Waals surface area contributed by atoms with Gasteiger partial charge in [-0.3, -0.25) is 4.79 Å². The number of thiocarbonyl (C=S) groups is 1. The zero-order chi connectivity index (χ0) is 13.1. The van der Waals surface area contributed by atoms with Crippen molar-refractivity contribution in [1.29, 1.82) is 0 Å². The van der Waals surface area contributed by atoms with E-state index in [1.165, 1.54) is 0 Å². The van der Waals surface area contributed by atoms with Gasteiger partial charge in [0.2, 0.25) is 5.91 Å². The normalized spacial score (nSPS) is 19.2. The zero-order valence-corrected chi connectivity index (χ0v) is 11.3. The molecule has 1 fully saturated rings. The number of hydrogen-bond donors (Lipinski definition) is 3. The Bertz CT molecular complexity index is 482. The molecule has 4 nitrogen and oxygen atoms in total. The van der Waals surface area contributed by atoms with Crippen LogP contribution in [0.3, 0.4) is 0 Å². The molecule has 0 aliphatic carbocycles. The van der Waals surface area contributed by atoms with Gasteiger partial charge in [0.05, 0.1) is 0 Å². The van der Waals surface area contributed by atoms with Crippen LogP contribution in [0.4, 0.5) is 5.69 Å². The van der Waals surface area contributed by atoms with Crippen molar-refractivity contribution in [2.75, 3.05) is 11.9 Å². The highest BCUT2D eigenvalue weighted by Crippen LogP contribution is 2.23. The molecule has 1 aliphatic heterocycles. The Morgan fingerprint density at radius 2 is 2.33 bits per heavy atom. The quantitative estimate of drug-likeness (QED) is 0.738. The molecule has 2 rings (SSSR count). The van der Waals surface area contributed by atoms with Crippen molar-refractivity contribution >= 4 is 40.4 Å². The maximum absolute atomic E-state index is 11.1. The second-order valence-electron chi connectivity index (χ2n) is 4.24. The van der Waals surface area contributed by atoms with Crippen LogP contribution >= 0.6 is 23.8 Å². The Morgan fingerprint density at radius 3 is 2.94 bits per heavy atom. The fourth-order valence-electron chi connectivity index (χ4n) is 1.93. The van der Waals surface area contributed by atoms with Gasteiger partial charge in [-0.05, 0) is 24.6 Å². The second-order valence-corrected chi connectivity index (χ2v) is 5.11. The van der Waals surface area contributed by atoms with E-state index in [2.05, 4.69) is 10.6 Å². The molecular weight excluding hydrogens is 270 g/mol. The van der Waals surface area contributed by atoms with Gasteiger partial charge in [0, 0.05) is 35.3 Å². The number of piperidine rings is 1. The summed E-state index contributed by atoms with van der Waals surface area (Å²) in [5.41, 5.74) is 7.26. The van der Waals surface area contributed by atoms with Crippen LogP contribution in [-0.2, 0) is 4.79 Å². The Morgan fingerprint density at radius 1 is 1.56 bits per heavy atom. The SMILES string of the molecule is NC(=S)c1ccc(Cl)cc1NC1CCC(=O)NC1. The number of carbonyl (C=O) groups is 1. The predicted octanol–water partition coefficient (Wildman–Crippen LogP) is 1.66. The lowest BCUT2D eigenvalue weighted by Crippen LogP contribution is -2.42. The fourth-order valence-corrected chi connectivity index (χ4v) is 2.28. The average Bonchev–Trinajstić information content (AvgIpc) is 2.32. The smallest absolute Gasteiger partial charge is 0.220 e. The van der Waals surface area contributed by atoms with E-state index in [-0.39, 0.29) is 11.9 Å². The number of rotatable bonds is 3. The molecule has 1 unspecified atom stereocenters. The van der Waals surface area contributed by atoms with E-state index in [0.717, 1.165) is 17.7 Å². The van der Waals surface area contributed by atoms with E-state index in [0.29, 0.717) is 23.0 Å². The van der Waals surface area contributed by atoms with Gasteiger partial charge in [0.1, 0.15) is 4.99 Å². The molecular formula is C12H14ClN3OS. The largest absolute Gasteiger partial charge is 0.389 e. The zero-order valence-electron chi connectivity index (χ0n) is 9.70. The number of benzene rings is 1. The van der Waals surface area contributed by atoms with E-state index in [4.69, 9.17) is 29.6 Å². The summed E-state index contributed by atoms with van der Waals surface area (Å²) in [5, 5.41) is 6.77. The maximum atomic E-state index is 11.1. The number of carbonyl (C=O) groups excluding carboxylic acids is 1. The molecule has 1 amide bonds. The molecule has 1 aliphatic rings. The third kappa shape index (κ3) is 3.11. The highest BCUT2D eigenvalue weighted by molar-refractivity contribution is 7.80. The van der Waals surface area contributed by atoms with E-state index >= 15 is 0 Å². The number of nitrogens with one attached hydrogen (secondary N) is 2. The van der Waals surface area contributed by atoms with Crippen LogP contribution in [0.25, 0.3) is 0 Å². The molecule has 1 aromatic rings. The van der Waals surface area contributed by atoms with Crippen LogP contribution in [0.2, 0.25) is 5.02 Å². The van der Waals surface area contributed by atoms with E-state index in [1.54, 1.807) is 18.2 Å². The fraction of sp³-hybridized carbons (Fsp3) is 0.333. The first-order valence-corrected chi connectivity index (χ1v) is 6.47. The number of amides is 1. The van der Waals surface area contributed by atoms with Gasteiger partial charge in [-0.25, -0.2) is 0 Å². The Labute approximate surface area is 116 Å². The standard InChI is InChI=1S/C12H14ClN3OS/c13-7-1-3-9(12(14)18)10(5-7)16-8-2-4-11(17)15-6-8/h1,3,5,8,16H,2,4,6H2,(H2,14,18)(H,15,17). The topological polar surface area (TPSA) is 67.1 Å². The average molecular weight is 284 g/mol. The van der Waals surface area contributed by atoms with Crippen molar-refractivity contribution in [1.82, 2.24) is 5.32 Å². The molecule has 96 valence electrons. The lowest BCUT2D eigenvalue weighted by atomic mass is 10.1. The predicted molar refractivity (Wildman–Crippen MR) is 77.0 cm³/mol. The summed E-state index contributed by atoms with van der Waals surface area (Å²) in [4.78, 5) is 11.4. The number of halogens is 1. The highest BCUT2D eigenvalue weighted by Gasteiger charge is 2.19. The highest BCUT2D eigenvalue weighted by atomic mass is 35.5. The van der Waals surface area contributed by atoms with E-state index < -0.39 is 0 Å². The van der Waals surface area contributed by atoms with Gasteiger partial charge in [0.15, 0.2) is 0 Å². The summed E-state index contributed by atoms with van der Waals surface area (Å²) in [5.74, 6) is 0.0914. The van der Waals surface area contributed by atoms with Crippen LogP contribution in [0, 0.1) is 0 Å². The Kier molecular flexibility index (Phi) is 4.04. The molecule has 18 heavy (non-hydrogen) atoms. The van der Waals surface area contributed by atoms with Crippen LogP contribution in [0.5, 0.6) is 0 Å². The molecule has 0 radical (unpaired) electrons. The van der Waals surface area contributed by atoms with Gasteiger partial charge in [-0.1, -0.05) is 23.8 Å². The summed E-state index contributed by atoms with van der Waals surface area (Å²) in [7, 11) is 0. The number of hydrogen-bond acceptors (Lipinski definition) is 3. The maximum Gasteiger partial charge on any atom is 0.220 e. The summed E-state index contributed by atoms with van der Waals surface area (Å²) in [6.07, 6.45) is 1.32. The molecule has 0 aromatic heterocycles. The number of nitrogens with two attached hydrogens (primary N) is 1. The monoisotopic (exact) mass is 283 g/mol. The van der Waals surface area contributed by atoms with Crippen molar-refractivity contribution in [2.24, 2.45) is 5.73 Å². The first kappa shape index (κ1) is 13.1.